The molecular weight excluding hydrogens is 398 g/mol. The molecule has 0 aliphatic heterocycles. The van der Waals surface area contributed by atoms with Crippen LogP contribution in [0.4, 0.5) is 5.69 Å². The molecule has 0 aliphatic carbocycles. The van der Waals surface area contributed by atoms with Crippen LogP contribution in [0, 0.1) is 10.1 Å². The summed E-state index contributed by atoms with van der Waals surface area (Å²) in [4.78, 5) is 15.5. The van der Waals surface area contributed by atoms with Crippen molar-refractivity contribution in [2.75, 3.05) is 20.8 Å². The van der Waals surface area contributed by atoms with Gasteiger partial charge in [0, 0.05) is 24.2 Å². The zero-order valence-corrected chi connectivity index (χ0v) is 17.2. The van der Waals surface area contributed by atoms with Gasteiger partial charge in [0.25, 0.3) is 0 Å². The Kier molecular flexibility index (Phi) is 5.93. The summed E-state index contributed by atoms with van der Waals surface area (Å²) >= 11 is 6.35. The van der Waals surface area contributed by atoms with Gasteiger partial charge in [0.15, 0.2) is 17.2 Å². The highest BCUT2D eigenvalue weighted by Gasteiger charge is 2.22. The molecule has 0 amide bonds. The van der Waals surface area contributed by atoms with Gasteiger partial charge in [-0.1, -0.05) is 11.6 Å². The number of hydrogen-bond donors (Lipinski definition) is 0. The zero-order valence-electron chi connectivity index (χ0n) is 16.4. The molecule has 0 unspecified atom stereocenters. The highest BCUT2D eigenvalue weighted by atomic mass is 35.5. The molecule has 0 radical (unpaired) electrons. The van der Waals surface area contributed by atoms with Crippen LogP contribution in [0.15, 0.2) is 36.7 Å². The van der Waals surface area contributed by atoms with Gasteiger partial charge >= 0.3 is 5.69 Å². The lowest BCUT2D eigenvalue weighted by Gasteiger charge is -2.13. The third-order valence-corrected chi connectivity index (χ3v) is 4.65. The molecule has 0 atom stereocenters. The maximum absolute atomic E-state index is 11.5. The molecule has 152 valence electrons. The van der Waals surface area contributed by atoms with Crippen LogP contribution in [0.1, 0.15) is 6.92 Å². The highest BCUT2D eigenvalue weighted by Crippen LogP contribution is 2.42. The fourth-order valence-electron chi connectivity index (χ4n) is 3.12. The lowest BCUT2D eigenvalue weighted by molar-refractivity contribution is -0.385. The van der Waals surface area contributed by atoms with E-state index in [1.54, 1.807) is 42.1 Å². The Morgan fingerprint density at radius 3 is 2.52 bits per heavy atom. The average Bonchev–Trinajstić information content (AvgIpc) is 3.09. The Hall–Kier alpha value is -3.26. The Morgan fingerprint density at radius 2 is 1.90 bits per heavy atom. The van der Waals surface area contributed by atoms with Gasteiger partial charge in [-0.05, 0) is 31.2 Å². The Balaban J connectivity index is 2.18. The number of aryl methyl sites for hydroxylation is 1. The molecule has 1 heterocycles. The van der Waals surface area contributed by atoms with Crippen molar-refractivity contribution in [3.8, 4) is 39.8 Å². The quantitative estimate of drug-likeness (QED) is 0.407. The molecule has 0 saturated carbocycles. The van der Waals surface area contributed by atoms with Crippen LogP contribution in [0.3, 0.4) is 0 Å². The summed E-state index contributed by atoms with van der Waals surface area (Å²) in [6.45, 7) is 2.11. The Labute approximate surface area is 172 Å². The SMILES string of the molecule is CCOc1ccc(-c2c(-c3cc(Cl)c(OC)c(OC)c3)ncn2C)cc1[N+](=O)[O-]. The van der Waals surface area contributed by atoms with E-state index in [-0.39, 0.29) is 11.4 Å². The van der Waals surface area contributed by atoms with Crippen LogP contribution >= 0.6 is 11.6 Å². The predicted molar refractivity (Wildman–Crippen MR) is 110 cm³/mol. The molecule has 0 saturated heterocycles. The molecule has 8 nitrogen and oxygen atoms in total. The summed E-state index contributed by atoms with van der Waals surface area (Å²) < 4.78 is 17.8. The Bertz CT molecular complexity index is 1060. The summed E-state index contributed by atoms with van der Waals surface area (Å²) in [7, 11) is 4.85. The third kappa shape index (κ3) is 3.84. The monoisotopic (exact) mass is 417 g/mol. The number of halogens is 1. The van der Waals surface area contributed by atoms with Gasteiger partial charge in [0.05, 0.1) is 48.5 Å². The first-order valence-electron chi connectivity index (χ1n) is 8.76. The van der Waals surface area contributed by atoms with Crippen molar-refractivity contribution in [3.05, 3.63) is 51.8 Å². The number of rotatable bonds is 7. The van der Waals surface area contributed by atoms with Crippen molar-refractivity contribution >= 4 is 17.3 Å². The normalized spacial score (nSPS) is 10.7. The summed E-state index contributed by atoms with van der Waals surface area (Å²) in [6, 6.07) is 8.32. The number of nitro benzene ring substituents is 1. The van der Waals surface area contributed by atoms with E-state index < -0.39 is 4.92 Å². The molecule has 0 bridgehead atoms. The fourth-order valence-corrected chi connectivity index (χ4v) is 3.41. The van der Waals surface area contributed by atoms with Gasteiger partial charge in [-0.2, -0.15) is 0 Å². The van der Waals surface area contributed by atoms with Gasteiger partial charge in [-0.3, -0.25) is 10.1 Å². The fraction of sp³-hybridized carbons (Fsp3) is 0.250. The van der Waals surface area contributed by atoms with Crippen molar-refractivity contribution < 1.29 is 19.1 Å². The topological polar surface area (TPSA) is 88.7 Å². The number of aromatic nitrogens is 2. The first-order valence-corrected chi connectivity index (χ1v) is 9.13. The molecule has 3 aromatic rings. The van der Waals surface area contributed by atoms with Crippen LogP contribution in [-0.4, -0.2) is 35.3 Å². The number of nitro groups is 1. The van der Waals surface area contributed by atoms with Gasteiger partial charge in [0.1, 0.15) is 0 Å². The van der Waals surface area contributed by atoms with Crippen LogP contribution in [-0.2, 0) is 7.05 Å². The molecule has 2 aromatic carbocycles. The summed E-state index contributed by atoms with van der Waals surface area (Å²) in [6.07, 6.45) is 1.64. The van der Waals surface area contributed by atoms with Gasteiger partial charge in [0.2, 0.25) is 0 Å². The van der Waals surface area contributed by atoms with Crippen LogP contribution < -0.4 is 14.2 Å². The number of nitrogens with zero attached hydrogens (tertiary/aromatic N) is 3. The van der Waals surface area contributed by atoms with E-state index >= 15 is 0 Å². The van der Waals surface area contributed by atoms with Crippen molar-refractivity contribution in [1.29, 1.82) is 0 Å². The average molecular weight is 418 g/mol. The third-order valence-electron chi connectivity index (χ3n) is 4.37. The van der Waals surface area contributed by atoms with E-state index in [0.717, 1.165) is 0 Å². The lowest BCUT2D eigenvalue weighted by atomic mass is 10.0. The second-order valence-corrected chi connectivity index (χ2v) is 6.53. The summed E-state index contributed by atoms with van der Waals surface area (Å²) in [5.41, 5.74) is 2.51. The van der Waals surface area contributed by atoms with Crippen LogP contribution in [0.2, 0.25) is 5.02 Å². The largest absolute Gasteiger partial charge is 0.493 e. The van der Waals surface area contributed by atoms with Gasteiger partial charge in [-0.25, -0.2) is 4.98 Å². The minimum absolute atomic E-state index is 0.109. The second-order valence-electron chi connectivity index (χ2n) is 6.12. The molecule has 0 spiro atoms. The van der Waals surface area contributed by atoms with Crippen molar-refractivity contribution in [1.82, 2.24) is 9.55 Å². The maximum atomic E-state index is 11.5. The standard InChI is InChI=1S/C20H20ClN3O5/c1-5-29-16-7-6-12(9-15(16)24(25)26)19-18(22-11-23(19)2)13-8-14(21)20(28-4)17(10-13)27-3/h6-11H,5H2,1-4H3. The molecular formula is C20H20ClN3O5. The molecule has 3 rings (SSSR count). The van der Waals surface area contributed by atoms with Crippen molar-refractivity contribution in [2.24, 2.45) is 7.05 Å². The zero-order chi connectivity index (χ0) is 21.1. The second kappa shape index (κ2) is 8.40. The van der Waals surface area contributed by atoms with Gasteiger partial charge < -0.3 is 18.8 Å². The maximum Gasteiger partial charge on any atom is 0.311 e. The van der Waals surface area contributed by atoms with E-state index in [1.165, 1.54) is 20.3 Å². The molecule has 1 aromatic heterocycles. The van der Waals surface area contributed by atoms with Crippen LogP contribution in [0.25, 0.3) is 22.5 Å². The molecule has 0 fully saturated rings. The van der Waals surface area contributed by atoms with Crippen molar-refractivity contribution in [3.63, 3.8) is 0 Å². The van der Waals surface area contributed by atoms with E-state index in [4.69, 9.17) is 25.8 Å². The number of imidazole rings is 1. The number of benzene rings is 2. The van der Waals surface area contributed by atoms with E-state index in [2.05, 4.69) is 4.98 Å². The summed E-state index contributed by atoms with van der Waals surface area (Å²) in [5.74, 6) is 1.11. The molecule has 0 aliphatic rings. The van der Waals surface area contributed by atoms with Crippen molar-refractivity contribution in [2.45, 2.75) is 6.92 Å². The first kappa shape index (κ1) is 20.5. The smallest absolute Gasteiger partial charge is 0.311 e. The predicted octanol–water partition coefficient (Wildman–Crippen LogP) is 4.73. The summed E-state index contributed by atoms with van der Waals surface area (Å²) in [5, 5.41) is 11.9. The number of ether oxygens (including phenoxy) is 3. The van der Waals surface area contributed by atoms with E-state index in [0.29, 0.717) is 45.6 Å². The van der Waals surface area contributed by atoms with E-state index in [9.17, 15) is 10.1 Å². The molecule has 0 N–H and O–H groups in total. The lowest BCUT2D eigenvalue weighted by Crippen LogP contribution is -1.99. The van der Waals surface area contributed by atoms with E-state index in [1.807, 2.05) is 7.05 Å². The number of methoxy groups -OCH3 is 2. The number of hydrogen-bond acceptors (Lipinski definition) is 6. The van der Waals surface area contributed by atoms with Gasteiger partial charge in [-0.15, -0.1) is 0 Å². The molecule has 29 heavy (non-hydrogen) atoms. The molecule has 9 heteroatoms. The Morgan fingerprint density at radius 1 is 1.14 bits per heavy atom. The first-order chi connectivity index (χ1) is 13.9. The minimum atomic E-state index is -0.461. The van der Waals surface area contributed by atoms with Crippen LogP contribution in [0.5, 0.6) is 17.2 Å². The minimum Gasteiger partial charge on any atom is -0.493 e. The highest BCUT2D eigenvalue weighted by molar-refractivity contribution is 6.32.